The number of nitrogens with one attached hydrogen (secondary N) is 1. The third-order valence-electron chi connectivity index (χ3n) is 4.04. The minimum absolute atomic E-state index is 0.0935. The third-order valence-corrected chi connectivity index (χ3v) is 4.04. The maximum Gasteiger partial charge on any atom is 0.221 e. The van der Waals surface area contributed by atoms with Crippen molar-refractivity contribution in [2.75, 3.05) is 5.32 Å². The number of Topliss-reactive ketones (excluding diaryl/α,β-unsaturated/α-hetero) is 1. The number of ketones is 1. The van der Waals surface area contributed by atoms with Gasteiger partial charge in [-0.3, -0.25) is 9.59 Å². The van der Waals surface area contributed by atoms with Crippen LogP contribution in [0.2, 0.25) is 0 Å². The molecule has 0 atom stereocenters. The Labute approximate surface area is 149 Å². The second-order valence-corrected chi connectivity index (χ2v) is 6.92. The van der Waals surface area contributed by atoms with Crippen LogP contribution in [0.5, 0.6) is 5.75 Å². The standard InChI is InChI=1S/C21H25NO3/c1-13-8-7-9-17(10-13)25-21(5,6)20(24)18-11-15(3)19(12-14(18)2)22-16(4)23/h7-12H,1-6H3,(H,22,23). The maximum atomic E-state index is 13.0. The van der Waals surface area contributed by atoms with Crippen molar-refractivity contribution in [3.63, 3.8) is 0 Å². The van der Waals surface area contributed by atoms with Crippen LogP contribution in [-0.2, 0) is 4.79 Å². The molecule has 0 aromatic heterocycles. The molecule has 2 aromatic carbocycles. The lowest BCUT2D eigenvalue weighted by Gasteiger charge is -2.26. The van der Waals surface area contributed by atoms with Gasteiger partial charge in [0.15, 0.2) is 5.60 Å². The number of anilines is 1. The molecule has 1 amide bonds. The van der Waals surface area contributed by atoms with Crippen LogP contribution >= 0.6 is 0 Å². The summed E-state index contributed by atoms with van der Waals surface area (Å²) in [6.07, 6.45) is 0. The molecule has 0 aliphatic rings. The molecular formula is C21H25NO3. The van der Waals surface area contributed by atoms with Crippen molar-refractivity contribution in [3.8, 4) is 5.75 Å². The Bertz CT molecular complexity index is 822. The Morgan fingerprint density at radius 2 is 1.68 bits per heavy atom. The number of benzene rings is 2. The van der Waals surface area contributed by atoms with Gasteiger partial charge in [-0.05, 0) is 75.6 Å². The molecule has 0 saturated heterocycles. The van der Waals surface area contributed by atoms with Gasteiger partial charge in [0, 0.05) is 18.2 Å². The molecule has 0 aliphatic heterocycles. The Morgan fingerprint density at radius 3 is 2.28 bits per heavy atom. The summed E-state index contributed by atoms with van der Waals surface area (Å²) in [6, 6.07) is 11.3. The monoisotopic (exact) mass is 339 g/mol. The van der Waals surface area contributed by atoms with Gasteiger partial charge in [-0.25, -0.2) is 0 Å². The lowest BCUT2D eigenvalue weighted by atomic mass is 9.91. The molecule has 1 N–H and O–H groups in total. The molecule has 2 rings (SSSR count). The molecule has 0 unspecified atom stereocenters. The quantitative estimate of drug-likeness (QED) is 0.809. The fourth-order valence-corrected chi connectivity index (χ4v) is 2.73. The van der Waals surface area contributed by atoms with E-state index in [4.69, 9.17) is 4.74 Å². The topological polar surface area (TPSA) is 55.4 Å². The van der Waals surface area contributed by atoms with Crippen LogP contribution in [-0.4, -0.2) is 17.3 Å². The van der Waals surface area contributed by atoms with E-state index in [9.17, 15) is 9.59 Å². The summed E-state index contributed by atoms with van der Waals surface area (Å²) in [5.41, 5.74) is 3.05. The average molecular weight is 339 g/mol. The van der Waals surface area contributed by atoms with Crippen molar-refractivity contribution in [1.82, 2.24) is 0 Å². The van der Waals surface area contributed by atoms with E-state index in [1.165, 1.54) is 6.92 Å². The first-order valence-electron chi connectivity index (χ1n) is 8.29. The summed E-state index contributed by atoms with van der Waals surface area (Å²) >= 11 is 0. The average Bonchev–Trinajstić information content (AvgIpc) is 2.49. The van der Waals surface area contributed by atoms with Gasteiger partial charge in [0.1, 0.15) is 5.75 Å². The molecule has 0 spiro atoms. The summed E-state index contributed by atoms with van der Waals surface area (Å²) in [5.74, 6) is 0.441. The lowest BCUT2D eigenvalue weighted by Crippen LogP contribution is -2.38. The van der Waals surface area contributed by atoms with Crippen molar-refractivity contribution in [2.24, 2.45) is 0 Å². The number of rotatable bonds is 5. The van der Waals surface area contributed by atoms with Gasteiger partial charge in [-0.1, -0.05) is 12.1 Å². The predicted octanol–water partition coefficient (Wildman–Crippen LogP) is 4.61. The zero-order valence-electron chi connectivity index (χ0n) is 15.7. The predicted molar refractivity (Wildman–Crippen MR) is 100 cm³/mol. The molecule has 25 heavy (non-hydrogen) atoms. The molecule has 0 fully saturated rings. The van der Waals surface area contributed by atoms with Crippen molar-refractivity contribution < 1.29 is 14.3 Å². The number of carbonyl (C=O) groups excluding carboxylic acids is 2. The van der Waals surface area contributed by atoms with Crippen molar-refractivity contribution in [3.05, 3.63) is 58.7 Å². The second-order valence-electron chi connectivity index (χ2n) is 6.92. The maximum absolute atomic E-state index is 13.0. The molecule has 2 aromatic rings. The Hall–Kier alpha value is -2.62. The Morgan fingerprint density at radius 1 is 1.00 bits per heavy atom. The van der Waals surface area contributed by atoms with Crippen molar-refractivity contribution in [2.45, 2.75) is 47.1 Å². The number of amides is 1. The van der Waals surface area contributed by atoms with E-state index in [0.717, 1.165) is 22.4 Å². The van der Waals surface area contributed by atoms with E-state index in [0.29, 0.717) is 11.3 Å². The highest BCUT2D eigenvalue weighted by Gasteiger charge is 2.32. The van der Waals surface area contributed by atoms with Crippen LogP contribution in [0.3, 0.4) is 0 Å². The van der Waals surface area contributed by atoms with Gasteiger partial charge < -0.3 is 10.1 Å². The number of hydrogen-bond donors (Lipinski definition) is 1. The molecule has 0 radical (unpaired) electrons. The molecule has 4 heteroatoms. The Kier molecular flexibility index (Phi) is 5.31. The number of aryl methyl sites for hydroxylation is 3. The van der Waals surface area contributed by atoms with Gasteiger partial charge >= 0.3 is 0 Å². The van der Waals surface area contributed by atoms with Gasteiger partial charge in [0.2, 0.25) is 11.7 Å². The smallest absolute Gasteiger partial charge is 0.221 e. The minimum Gasteiger partial charge on any atom is -0.480 e. The number of carbonyl (C=O) groups is 2. The van der Waals surface area contributed by atoms with E-state index < -0.39 is 5.60 Å². The first kappa shape index (κ1) is 18.7. The zero-order chi connectivity index (χ0) is 18.8. The lowest BCUT2D eigenvalue weighted by molar-refractivity contribution is -0.114. The van der Waals surface area contributed by atoms with E-state index in [2.05, 4.69) is 5.32 Å². The molecule has 0 saturated carbocycles. The van der Waals surface area contributed by atoms with Crippen LogP contribution in [0.4, 0.5) is 5.69 Å². The van der Waals surface area contributed by atoms with E-state index >= 15 is 0 Å². The van der Waals surface area contributed by atoms with Gasteiger partial charge in [0.05, 0.1) is 0 Å². The summed E-state index contributed by atoms with van der Waals surface area (Å²) in [5, 5.41) is 2.78. The summed E-state index contributed by atoms with van der Waals surface area (Å²) in [4.78, 5) is 24.3. The third kappa shape index (κ3) is 4.47. The molecule has 0 heterocycles. The first-order chi connectivity index (χ1) is 11.6. The SMILES string of the molecule is CC(=O)Nc1cc(C)c(C(=O)C(C)(C)Oc2cccc(C)c2)cc1C. The fraction of sp³-hybridized carbons (Fsp3) is 0.333. The van der Waals surface area contributed by atoms with Crippen LogP contribution in [0.1, 0.15) is 47.8 Å². The van der Waals surface area contributed by atoms with Gasteiger partial charge in [-0.2, -0.15) is 0 Å². The highest BCUT2D eigenvalue weighted by Crippen LogP contribution is 2.27. The van der Waals surface area contributed by atoms with E-state index in [1.54, 1.807) is 13.8 Å². The second kappa shape index (κ2) is 7.09. The number of ether oxygens (including phenoxy) is 1. The van der Waals surface area contributed by atoms with E-state index in [-0.39, 0.29) is 11.7 Å². The first-order valence-corrected chi connectivity index (χ1v) is 8.29. The minimum atomic E-state index is -0.999. The highest BCUT2D eigenvalue weighted by molar-refractivity contribution is 6.04. The van der Waals surface area contributed by atoms with Gasteiger partial charge in [0.25, 0.3) is 0 Å². The summed E-state index contributed by atoms with van der Waals surface area (Å²) < 4.78 is 5.97. The zero-order valence-corrected chi connectivity index (χ0v) is 15.7. The van der Waals surface area contributed by atoms with E-state index in [1.807, 2.05) is 57.2 Å². The largest absolute Gasteiger partial charge is 0.480 e. The van der Waals surface area contributed by atoms with Crippen LogP contribution in [0, 0.1) is 20.8 Å². The molecule has 0 bridgehead atoms. The highest BCUT2D eigenvalue weighted by atomic mass is 16.5. The van der Waals surface area contributed by atoms with Crippen molar-refractivity contribution >= 4 is 17.4 Å². The van der Waals surface area contributed by atoms with Crippen molar-refractivity contribution in [1.29, 1.82) is 0 Å². The molecule has 0 aliphatic carbocycles. The number of hydrogen-bond acceptors (Lipinski definition) is 3. The summed E-state index contributed by atoms with van der Waals surface area (Å²) in [7, 11) is 0. The van der Waals surface area contributed by atoms with Crippen LogP contribution in [0.25, 0.3) is 0 Å². The molecular weight excluding hydrogens is 314 g/mol. The summed E-state index contributed by atoms with van der Waals surface area (Å²) in [6.45, 7) is 10.7. The Balaban J connectivity index is 2.32. The molecule has 4 nitrogen and oxygen atoms in total. The molecule has 132 valence electrons. The normalized spacial score (nSPS) is 11.1. The van der Waals surface area contributed by atoms with Gasteiger partial charge in [-0.15, -0.1) is 0 Å². The fourth-order valence-electron chi connectivity index (χ4n) is 2.73. The van der Waals surface area contributed by atoms with Crippen LogP contribution in [0.15, 0.2) is 36.4 Å². The van der Waals surface area contributed by atoms with Crippen LogP contribution < -0.4 is 10.1 Å².